The van der Waals surface area contributed by atoms with Crippen LogP contribution in [0.15, 0.2) is 48.5 Å². The van der Waals surface area contributed by atoms with E-state index in [-0.39, 0.29) is 18.8 Å². The molecule has 0 atom stereocenters. The summed E-state index contributed by atoms with van der Waals surface area (Å²) in [7, 11) is 1.69. The highest BCUT2D eigenvalue weighted by molar-refractivity contribution is 5.69. The Bertz CT molecular complexity index is 680. The van der Waals surface area contributed by atoms with Crippen molar-refractivity contribution >= 4 is 5.97 Å². The van der Waals surface area contributed by atoms with Crippen LogP contribution in [0.25, 0.3) is 0 Å². The highest BCUT2D eigenvalue weighted by Gasteiger charge is 2.35. The minimum absolute atomic E-state index is 0. The monoisotopic (exact) mass is 340 g/mol. The van der Waals surface area contributed by atoms with Crippen LogP contribution >= 0.6 is 0 Å². The number of ether oxygens (including phenoxy) is 2. The van der Waals surface area contributed by atoms with Gasteiger partial charge in [0.25, 0.3) is 0 Å². The number of carbonyl (C=O) groups is 1. The number of methoxy groups -OCH3 is 1. The lowest BCUT2D eigenvalue weighted by atomic mass is 9.65. The Balaban J connectivity index is 0.00000225. The fourth-order valence-corrected chi connectivity index (χ4v) is 3.82. The second-order valence-electron chi connectivity index (χ2n) is 6.49. The van der Waals surface area contributed by atoms with Crippen molar-refractivity contribution in [3.8, 4) is 11.5 Å². The molecule has 0 heterocycles. The van der Waals surface area contributed by atoms with Crippen LogP contribution in [0.4, 0.5) is 0 Å². The van der Waals surface area contributed by atoms with Crippen LogP contribution in [0.5, 0.6) is 11.5 Å². The minimum atomic E-state index is -0.287. The SMILES string of the molecule is C.COc1ccc(C2(c3ccc(OC(C)=O)cc3)CCCCC2)cc1. The van der Waals surface area contributed by atoms with E-state index in [4.69, 9.17) is 9.47 Å². The van der Waals surface area contributed by atoms with Crippen molar-refractivity contribution in [3.63, 3.8) is 0 Å². The number of benzene rings is 2. The van der Waals surface area contributed by atoms with E-state index in [0.717, 1.165) is 18.6 Å². The predicted octanol–water partition coefficient (Wildman–Crippen LogP) is 5.51. The maximum Gasteiger partial charge on any atom is 0.308 e. The molecule has 0 radical (unpaired) electrons. The Morgan fingerprint density at radius 3 is 1.76 bits per heavy atom. The van der Waals surface area contributed by atoms with Gasteiger partial charge in [0.2, 0.25) is 0 Å². The average Bonchev–Trinajstić information content (AvgIpc) is 2.62. The third kappa shape index (κ3) is 4.04. The molecule has 2 aromatic rings. The Morgan fingerprint density at radius 1 is 0.840 bits per heavy atom. The summed E-state index contributed by atoms with van der Waals surface area (Å²) in [5, 5.41) is 0. The fraction of sp³-hybridized carbons (Fsp3) is 0.409. The number of hydrogen-bond donors (Lipinski definition) is 0. The van der Waals surface area contributed by atoms with Gasteiger partial charge < -0.3 is 9.47 Å². The van der Waals surface area contributed by atoms with Crippen LogP contribution in [0.1, 0.15) is 57.6 Å². The van der Waals surface area contributed by atoms with E-state index in [1.165, 1.54) is 37.3 Å². The molecule has 3 nitrogen and oxygen atoms in total. The van der Waals surface area contributed by atoms with E-state index in [1.807, 2.05) is 24.3 Å². The number of esters is 1. The zero-order valence-electron chi connectivity index (χ0n) is 14.4. The van der Waals surface area contributed by atoms with Gasteiger partial charge in [-0.2, -0.15) is 0 Å². The van der Waals surface area contributed by atoms with Gasteiger partial charge in [-0.3, -0.25) is 4.79 Å². The first-order chi connectivity index (χ1) is 11.6. The molecule has 1 aliphatic rings. The lowest BCUT2D eigenvalue weighted by molar-refractivity contribution is -0.131. The van der Waals surface area contributed by atoms with E-state index in [9.17, 15) is 4.79 Å². The Labute approximate surface area is 151 Å². The van der Waals surface area contributed by atoms with Crippen LogP contribution < -0.4 is 9.47 Å². The standard InChI is InChI=1S/C21H24O3.CH4/c1-16(22)24-20-12-8-18(9-13-20)21(14-4-3-5-15-21)17-6-10-19(23-2)11-7-17;/h6-13H,3-5,14-15H2,1-2H3;1H4. The van der Waals surface area contributed by atoms with Gasteiger partial charge in [0.1, 0.15) is 11.5 Å². The van der Waals surface area contributed by atoms with Crippen LogP contribution in [-0.4, -0.2) is 13.1 Å². The molecule has 0 aromatic heterocycles. The van der Waals surface area contributed by atoms with Crippen molar-refractivity contribution in [2.24, 2.45) is 0 Å². The van der Waals surface area contributed by atoms with Crippen LogP contribution in [0.3, 0.4) is 0 Å². The van der Waals surface area contributed by atoms with Crippen molar-refractivity contribution in [2.75, 3.05) is 7.11 Å². The molecule has 0 bridgehead atoms. The predicted molar refractivity (Wildman–Crippen MR) is 101 cm³/mol. The quantitative estimate of drug-likeness (QED) is 0.544. The molecule has 1 aliphatic carbocycles. The molecule has 25 heavy (non-hydrogen) atoms. The highest BCUT2D eigenvalue weighted by atomic mass is 16.5. The normalized spacial score (nSPS) is 15.8. The van der Waals surface area contributed by atoms with Crippen LogP contribution in [0, 0.1) is 0 Å². The van der Waals surface area contributed by atoms with E-state index in [1.54, 1.807) is 7.11 Å². The van der Waals surface area contributed by atoms with Gasteiger partial charge in [0.05, 0.1) is 7.11 Å². The summed E-state index contributed by atoms with van der Waals surface area (Å²) < 4.78 is 10.5. The van der Waals surface area contributed by atoms with Gasteiger partial charge in [-0.25, -0.2) is 0 Å². The molecule has 0 amide bonds. The zero-order valence-corrected chi connectivity index (χ0v) is 14.4. The Morgan fingerprint density at radius 2 is 1.32 bits per heavy atom. The summed E-state index contributed by atoms with van der Waals surface area (Å²) in [5.41, 5.74) is 2.67. The summed E-state index contributed by atoms with van der Waals surface area (Å²) in [4.78, 5) is 11.1. The first-order valence-electron chi connectivity index (χ1n) is 8.57. The van der Waals surface area contributed by atoms with Crippen molar-refractivity contribution < 1.29 is 14.3 Å². The molecule has 134 valence electrons. The summed E-state index contributed by atoms with van der Waals surface area (Å²) >= 11 is 0. The first-order valence-corrected chi connectivity index (χ1v) is 8.57. The molecule has 0 saturated heterocycles. The lowest BCUT2D eigenvalue weighted by Crippen LogP contribution is -2.30. The smallest absolute Gasteiger partial charge is 0.308 e. The van der Waals surface area contributed by atoms with E-state index in [0.29, 0.717) is 5.75 Å². The first kappa shape index (κ1) is 19.0. The summed E-state index contributed by atoms with van der Waals surface area (Å²) in [6.07, 6.45) is 6.05. The summed E-state index contributed by atoms with van der Waals surface area (Å²) in [6, 6.07) is 16.5. The molecule has 0 unspecified atom stereocenters. The van der Waals surface area contributed by atoms with Gasteiger partial charge in [-0.1, -0.05) is 51.0 Å². The van der Waals surface area contributed by atoms with Crippen molar-refractivity contribution in [1.82, 2.24) is 0 Å². The van der Waals surface area contributed by atoms with Crippen molar-refractivity contribution in [1.29, 1.82) is 0 Å². The molecule has 0 N–H and O–H groups in total. The average molecular weight is 340 g/mol. The maximum atomic E-state index is 11.1. The number of hydrogen-bond acceptors (Lipinski definition) is 3. The van der Waals surface area contributed by atoms with E-state index >= 15 is 0 Å². The zero-order chi connectivity index (χ0) is 17.0. The summed E-state index contributed by atoms with van der Waals surface area (Å²) in [6.45, 7) is 1.42. The molecule has 1 fully saturated rings. The van der Waals surface area contributed by atoms with Gasteiger partial charge in [0.15, 0.2) is 0 Å². The minimum Gasteiger partial charge on any atom is -0.497 e. The largest absolute Gasteiger partial charge is 0.497 e. The topological polar surface area (TPSA) is 35.5 Å². The van der Waals surface area contributed by atoms with Crippen molar-refractivity contribution in [3.05, 3.63) is 59.7 Å². The van der Waals surface area contributed by atoms with Crippen molar-refractivity contribution in [2.45, 2.75) is 51.9 Å². The third-order valence-corrected chi connectivity index (χ3v) is 5.02. The van der Waals surface area contributed by atoms with Crippen LogP contribution in [0.2, 0.25) is 0 Å². The highest BCUT2D eigenvalue weighted by Crippen LogP contribution is 2.45. The molecule has 3 rings (SSSR count). The molecule has 3 heteroatoms. The molecular formula is C22H28O3. The maximum absolute atomic E-state index is 11.1. The molecule has 1 saturated carbocycles. The molecular weight excluding hydrogens is 312 g/mol. The van der Waals surface area contributed by atoms with Gasteiger partial charge in [-0.15, -0.1) is 0 Å². The van der Waals surface area contributed by atoms with E-state index in [2.05, 4.69) is 24.3 Å². The number of carbonyl (C=O) groups excluding carboxylic acids is 1. The van der Waals surface area contributed by atoms with Gasteiger partial charge >= 0.3 is 5.97 Å². The van der Waals surface area contributed by atoms with Gasteiger partial charge in [0, 0.05) is 12.3 Å². The lowest BCUT2D eigenvalue weighted by Gasteiger charge is -2.38. The Hall–Kier alpha value is -2.29. The molecule has 0 spiro atoms. The second-order valence-corrected chi connectivity index (χ2v) is 6.49. The second kappa shape index (κ2) is 8.19. The third-order valence-electron chi connectivity index (χ3n) is 5.02. The number of rotatable bonds is 4. The summed E-state index contributed by atoms with van der Waals surface area (Å²) in [5.74, 6) is 1.20. The van der Waals surface area contributed by atoms with Gasteiger partial charge in [-0.05, 0) is 48.2 Å². The fourth-order valence-electron chi connectivity index (χ4n) is 3.82. The molecule has 0 aliphatic heterocycles. The van der Waals surface area contributed by atoms with E-state index < -0.39 is 0 Å². The Kier molecular flexibility index (Phi) is 6.24. The molecule has 2 aromatic carbocycles. The van der Waals surface area contributed by atoms with Crippen LogP contribution in [-0.2, 0) is 10.2 Å².